The lowest BCUT2D eigenvalue weighted by Gasteiger charge is -2.36. The fourth-order valence-electron chi connectivity index (χ4n) is 3.47. The summed E-state index contributed by atoms with van der Waals surface area (Å²) >= 11 is 12.1. The number of nitrogens with zero attached hydrogens (tertiary/aromatic N) is 1. The standard InChI is InChI=1S/C19H22Cl2N2/c20-18-7-6-15(10-19(18)21)11-23-12-16(9-17(22)13-23)8-14-4-2-1-3-5-14/h1-7,10,16-17H,8-9,11-13,22H2. The van der Waals surface area contributed by atoms with Gasteiger partial charge in [0.1, 0.15) is 0 Å². The van der Waals surface area contributed by atoms with Crippen molar-refractivity contribution in [3.8, 4) is 0 Å². The molecule has 0 bridgehead atoms. The molecule has 0 aromatic heterocycles. The molecule has 1 aliphatic heterocycles. The fourth-order valence-corrected chi connectivity index (χ4v) is 3.79. The van der Waals surface area contributed by atoms with Crippen molar-refractivity contribution >= 4 is 23.2 Å². The van der Waals surface area contributed by atoms with Crippen molar-refractivity contribution in [2.75, 3.05) is 13.1 Å². The first-order chi connectivity index (χ1) is 11.1. The van der Waals surface area contributed by atoms with E-state index in [1.165, 1.54) is 11.1 Å². The number of hydrogen-bond donors (Lipinski definition) is 1. The molecule has 0 saturated carbocycles. The van der Waals surface area contributed by atoms with Gasteiger partial charge in [-0.3, -0.25) is 4.90 Å². The summed E-state index contributed by atoms with van der Waals surface area (Å²) in [5.74, 6) is 0.601. The molecule has 2 nitrogen and oxygen atoms in total. The average molecular weight is 349 g/mol. The second-order valence-corrected chi connectivity index (χ2v) is 7.31. The molecule has 2 aromatic carbocycles. The minimum Gasteiger partial charge on any atom is -0.327 e. The van der Waals surface area contributed by atoms with Gasteiger partial charge in [0.05, 0.1) is 10.0 Å². The van der Waals surface area contributed by atoms with E-state index in [0.717, 1.165) is 32.5 Å². The molecule has 0 amide bonds. The van der Waals surface area contributed by atoms with Crippen molar-refractivity contribution in [3.63, 3.8) is 0 Å². The predicted molar refractivity (Wildman–Crippen MR) is 98.0 cm³/mol. The molecule has 1 saturated heterocycles. The van der Waals surface area contributed by atoms with Gasteiger partial charge in [-0.2, -0.15) is 0 Å². The molecule has 2 N–H and O–H groups in total. The van der Waals surface area contributed by atoms with Gasteiger partial charge in [-0.1, -0.05) is 59.6 Å². The topological polar surface area (TPSA) is 29.3 Å². The summed E-state index contributed by atoms with van der Waals surface area (Å²) in [4.78, 5) is 2.43. The lowest BCUT2D eigenvalue weighted by atomic mass is 9.89. The van der Waals surface area contributed by atoms with E-state index in [0.29, 0.717) is 16.0 Å². The summed E-state index contributed by atoms with van der Waals surface area (Å²) in [6.45, 7) is 2.88. The molecule has 0 aliphatic carbocycles. The summed E-state index contributed by atoms with van der Waals surface area (Å²) in [6, 6.07) is 16.8. The summed E-state index contributed by atoms with van der Waals surface area (Å²) in [6.07, 6.45) is 2.18. The maximum Gasteiger partial charge on any atom is 0.0595 e. The number of likely N-dealkylation sites (tertiary alicyclic amines) is 1. The van der Waals surface area contributed by atoms with Crippen LogP contribution in [0.15, 0.2) is 48.5 Å². The van der Waals surface area contributed by atoms with E-state index in [2.05, 4.69) is 35.2 Å². The molecule has 0 radical (unpaired) electrons. The second kappa shape index (κ2) is 7.67. The van der Waals surface area contributed by atoms with Gasteiger partial charge < -0.3 is 5.73 Å². The Balaban J connectivity index is 1.64. The Kier molecular flexibility index (Phi) is 5.60. The maximum atomic E-state index is 6.29. The normalized spacial score (nSPS) is 22.2. The molecular formula is C19H22Cl2N2. The van der Waals surface area contributed by atoms with Gasteiger partial charge >= 0.3 is 0 Å². The third kappa shape index (κ3) is 4.71. The molecule has 23 heavy (non-hydrogen) atoms. The highest BCUT2D eigenvalue weighted by atomic mass is 35.5. The SMILES string of the molecule is NC1CC(Cc2ccccc2)CN(Cc2ccc(Cl)c(Cl)c2)C1. The summed E-state index contributed by atoms with van der Waals surface area (Å²) in [7, 11) is 0. The Morgan fingerprint density at radius 2 is 1.74 bits per heavy atom. The number of rotatable bonds is 4. The highest BCUT2D eigenvalue weighted by molar-refractivity contribution is 6.42. The molecule has 3 rings (SSSR count). The molecule has 1 fully saturated rings. The molecule has 2 aromatic rings. The van der Waals surface area contributed by atoms with E-state index < -0.39 is 0 Å². The lowest BCUT2D eigenvalue weighted by Crippen LogP contribution is -2.47. The average Bonchev–Trinajstić information content (AvgIpc) is 2.51. The van der Waals surface area contributed by atoms with E-state index in [1.807, 2.05) is 18.2 Å². The molecule has 1 aliphatic rings. The van der Waals surface area contributed by atoms with Crippen LogP contribution in [0.1, 0.15) is 17.5 Å². The highest BCUT2D eigenvalue weighted by Gasteiger charge is 2.25. The largest absolute Gasteiger partial charge is 0.327 e. The van der Waals surface area contributed by atoms with Gasteiger partial charge in [-0.25, -0.2) is 0 Å². The summed E-state index contributed by atoms with van der Waals surface area (Å²) in [5.41, 5.74) is 8.86. The van der Waals surface area contributed by atoms with Crippen LogP contribution in [0.5, 0.6) is 0 Å². The van der Waals surface area contributed by atoms with E-state index in [1.54, 1.807) is 0 Å². The van der Waals surface area contributed by atoms with Gasteiger partial charge in [0.15, 0.2) is 0 Å². The molecular weight excluding hydrogens is 327 g/mol. The van der Waals surface area contributed by atoms with Gasteiger partial charge in [-0.05, 0) is 42.0 Å². The monoisotopic (exact) mass is 348 g/mol. The van der Waals surface area contributed by atoms with Crippen molar-refractivity contribution in [2.24, 2.45) is 11.7 Å². The number of nitrogens with two attached hydrogens (primary N) is 1. The summed E-state index contributed by atoms with van der Waals surface area (Å²) < 4.78 is 0. The Bertz CT molecular complexity index is 645. The zero-order chi connectivity index (χ0) is 16.2. The first-order valence-corrected chi connectivity index (χ1v) is 8.81. The molecule has 2 unspecified atom stereocenters. The van der Waals surface area contributed by atoms with E-state index in [9.17, 15) is 0 Å². The molecule has 4 heteroatoms. The van der Waals surface area contributed by atoms with Crippen molar-refractivity contribution in [2.45, 2.75) is 25.4 Å². The Hall–Kier alpha value is -1.06. The zero-order valence-electron chi connectivity index (χ0n) is 13.1. The van der Waals surface area contributed by atoms with Gasteiger partial charge in [0.2, 0.25) is 0 Å². The van der Waals surface area contributed by atoms with Crippen LogP contribution >= 0.6 is 23.2 Å². The first kappa shape index (κ1) is 16.8. The van der Waals surface area contributed by atoms with Gasteiger partial charge in [0.25, 0.3) is 0 Å². The Morgan fingerprint density at radius 1 is 0.957 bits per heavy atom. The zero-order valence-corrected chi connectivity index (χ0v) is 14.6. The molecule has 0 spiro atoms. The molecule has 122 valence electrons. The van der Waals surface area contributed by atoms with Crippen LogP contribution in [0, 0.1) is 5.92 Å². The third-order valence-electron chi connectivity index (χ3n) is 4.40. The molecule has 2 atom stereocenters. The number of halogens is 2. The van der Waals surface area contributed by atoms with Crippen LogP contribution in [0.4, 0.5) is 0 Å². The predicted octanol–water partition coefficient (Wildman–Crippen LogP) is 4.39. The number of benzene rings is 2. The fraction of sp³-hybridized carbons (Fsp3) is 0.368. The Morgan fingerprint density at radius 3 is 2.48 bits per heavy atom. The van der Waals surface area contributed by atoms with E-state index in [-0.39, 0.29) is 6.04 Å². The van der Waals surface area contributed by atoms with Gasteiger partial charge in [-0.15, -0.1) is 0 Å². The smallest absolute Gasteiger partial charge is 0.0595 e. The van der Waals surface area contributed by atoms with E-state index >= 15 is 0 Å². The van der Waals surface area contributed by atoms with Crippen LogP contribution < -0.4 is 5.73 Å². The van der Waals surface area contributed by atoms with Gasteiger partial charge in [0, 0.05) is 25.7 Å². The minimum absolute atomic E-state index is 0.236. The van der Waals surface area contributed by atoms with Crippen molar-refractivity contribution in [3.05, 3.63) is 69.7 Å². The van der Waals surface area contributed by atoms with Crippen LogP contribution in [-0.2, 0) is 13.0 Å². The molecule has 1 heterocycles. The van der Waals surface area contributed by atoms with Crippen LogP contribution in [0.3, 0.4) is 0 Å². The maximum absolute atomic E-state index is 6.29. The van der Waals surface area contributed by atoms with Crippen LogP contribution in [-0.4, -0.2) is 24.0 Å². The first-order valence-electron chi connectivity index (χ1n) is 8.06. The lowest BCUT2D eigenvalue weighted by molar-refractivity contribution is 0.149. The highest BCUT2D eigenvalue weighted by Crippen LogP contribution is 2.25. The van der Waals surface area contributed by atoms with Crippen molar-refractivity contribution < 1.29 is 0 Å². The Labute approximate surface area is 148 Å². The van der Waals surface area contributed by atoms with Crippen LogP contribution in [0.25, 0.3) is 0 Å². The van der Waals surface area contributed by atoms with Crippen LogP contribution in [0.2, 0.25) is 10.0 Å². The van der Waals surface area contributed by atoms with Crippen molar-refractivity contribution in [1.29, 1.82) is 0 Å². The quantitative estimate of drug-likeness (QED) is 0.887. The summed E-state index contributed by atoms with van der Waals surface area (Å²) in [5, 5.41) is 1.22. The third-order valence-corrected chi connectivity index (χ3v) is 5.14. The number of piperidine rings is 1. The minimum atomic E-state index is 0.236. The number of hydrogen-bond acceptors (Lipinski definition) is 2. The van der Waals surface area contributed by atoms with E-state index in [4.69, 9.17) is 28.9 Å². The second-order valence-electron chi connectivity index (χ2n) is 6.49. The van der Waals surface area contributed by atoms with Crippen molar-refractivity contribution in [1.82, 2.24) is 4.90 Å².